The second-order valence-corrected chi connectivity index (χ2v) is 5.41. The largest absolute Gasteiger partial charge is 0.496 e. The summed E-state index contributed by atoms with van der Waals surface area (Å²) in [6, 6.07) is 0. The van der Waals surface area contributed by atoms with E-state index >= 15 is 0 Å². The molecule has 0 aliphatic carbocycles. The summed E-state index contributed by atoms with van der Waals surface area (Å²) in [5, 5.41) is 17.9. The van der Waals surface area contributed by atoms with Gasteiger partial charge in [-0.3, -0.25) is 4.98 Å². The van der Waals surface area contributed by atoms with E-state index in [1.165, 1.54) is 0 Å². The molecule has 0 saturated heterocycles. The number of nitrogens with zero attached hydrogens (tertiary/aromatic N) is 4. The minimum Gasteiger partial charge on any atom is -0.496 e. The Morgan fingerprint density at radius 3 is 2.60 bits per heavy atom. The predicted octanol–water partition coefficient (Wildman–Crippen LogP) is 1.57. The number of hydrogen-bond donors (Lipinski definition) is 1. The minimum absolute atomic E-state index is 0.492. The maximum absolute atomic E-state index is 9.89. The van der Waals surface area contributed by atoms with Crippen molar-refractivity contribution in [2.75, 3.05) is 7.11 Å². The summed E-state index contributed by atoms with van der Waals surface area (Å²) >= 11 is 0. The van der Waals surface area contributed by atoms with Gasteiger partial charge in [0, 0.05) is 17.3 Å². The van der Waals surface area contributed by atoms with Crippen molar-refractivity contribution < 1.29 is 9.84 Å². The van der Waals surface area contributed by atoms with Crippen LogP contribution in [0.1, 0.15) is 36.4 Å². The fourth-order valence-electron chi connectivity index (χ4n) is 2.04. The minimum atomic E-state index is -0.994. The first-order chi connectivity index (χ1) is 9.32. The van der Waals surface area contributed by atoms with Crippen molar-refractivity contribution in [3.05, 3.63) is 34.9 Å². The van der Waals surface area contributed by atoms with Crippen LogP contribution in [0.25, 0.3) is 0 Å². The normalized spacial score (nSPS) is 11.7. The second kappa shape index (κ2) is 5.20. The van der Waals surface area contributed by atoms with Gasteiger partial charge in [-0.25, -0.2) is 4.68 Å². The molecule has 6 heteroatoms. The highest BCUT2D eigenvalue weighted by Gasteiger charge is 2.20. The molecule has 2 heterocycles. The molecule has 1 N–H and O–H groups in total. The average Bonchev–Trinajstić information content (AvgIpc) is 2.82. The quantitative estimate of drug-likeness (QED) is 0.917. The first-order valence-electron chi connectivity index (χ1n) is 6.45. The van der Waals surface area contributed by atoms with Gasteiger partial charge in [0.1, 0.15) is 17.0 Å². The zero-order valence-electron chi connectivity index (χ0n) is 12.5. The molecule has 2 aromatic rings. The monoisotopic (exact) mass is 276 g/mol. The van der Waals surface area contributed by atoms with E-state index in [9.17, 15) is 5.11 Å². The van der Waals surface area contributed by atoms with Gasteiger partial charge in [0.2, 0.25) is 0 Å². The number of ether oxygens (including phenoxy) is 1. The van der Waals surface area contributed by atoms with E-state index in [1.54, 1.807) is 38.0 Å². The maximum atomic E-state index is 9.89. The van der Waals surface area contributed by atoms with Gasteiger partial charge in [-0.05, 0) is 27.7 Å². The van der Waals surface area contributed by atoms with Crippen LogP contribution in [0, 0.1) is 13.8 Å². The fourth-order valence-corrected chi connectivity index (χ4v) is 2.04. The van der Waals surface area contributed by atoms with E-state index in [-0.39, 0.29) is 0 Å². The van der Waals surface area contributed by atoms with Gasteiger partial charge in [0.25, 0.3) is 0 Å². The lowest BCUT2D eigenvalue weighted by molar-refractivity contribution is 0.0737. The third kappa shape index (κ3) is 2.80. The summed E-state index contributed by atoms with van der Waals surface area (Å²) in [7, 11) is 1.65. The number of methoxy groups -OCH3 is 1. The molecule has 0 amide bonds. The molecule has 0 fully saturated rings. The highest BCUT2D eigenvalue weighted by molar-refractivity contribution is 5.41. The van der Waals surface area contributed by atoms with E-state index in [1.807, 2.05) is 13.8 Å². The smallest absolute Gasteiger partial charge is 0.128 e. The fraction of sp³-hybridized carbons (Fsp3) is 0.500. The molecule has 0 bridgehead atoms. The van der Waals surface area contributed by atoms with Gasteiger partial charge in [0.15, 0.2) is 0 Å². The van der Waals surface area contributed by atoms with E-state index < -0.39 is 5.60 Å². The molecule has 0 spiro atoms. The van der Waals surface area contributed by atoms with Crippen LogP contribution in [0.2, 0.25) is 0 Å². The molecule has 20 heavy (non-hydrogen) atoms. The average molecular weight is 276 g/mol. The number of pyridine rings is 1. The van der Waals surface area contributed by atoms with E-state index in [0.717, 1.165) is 22.6 Å². The Morgan fingerprint density at radius 2 is 2.05 bits per heavy atom. The number of aliphatic hydroxyl groups is 1. The molecule has 0 atom stereocenters. The Kier molecular flexibility index (Phi) is 3.76. The summed E-state index contributed by atoms with van der Waals surface area (Å²) in [5.41, 5.74) is 2.41. The van der Waals surface area contributed by atoms with Crippen LogP contribution in [0.15, 0.2) is 12.4 Å². The van der Waals surface area contributed by atoms with Crippen LogP contribution in [0.4, 0.5) is 0 Å². The standard InChI is InChI=1S/C14H20N4O2/c1-9-6-15-11(10(2)13(9)20-5)7-18-8-12(16-17-18)14(3,4)19/h6,8,19H,7H2,1-5H3. The lowest BCUT2D eigenvalue weighted by Gasteiger charge is -2.13. The Morgan fingerprint density at radius 1 is 1.35 bits per heavy atom. The van der Waals surface area contributed by atoms with Gasteiger partial charge in [0.05, 0.1) is 25.5 Å². The van der Waals surface area contributed by atoms with Crippen molar-refractivity contribution >= 4 is 0 Å². The van der Waals surface area contributed by atoms with E-state index in [0.29, 0.717) is 12.2 Å². The molecule has 0 radical (unpaired) electrons. The van der Waals surface area contributed by atoms with Crippen LogP contribution in [-0.4, -0.2) is 32.2 Å². The molecule has 0 aromatic carbocycles. The van der Waals surface area contributed by atoms with Gasteiger partial charge in [-0.15, -0.1) is 5.10 Å². The molecular weight excluding hydrogens is 256 g/mol. The summed E-state index contributed by atoms with van der Waals surface area (Å²) in [6.45, 7) is 7.79. The molecule has 2 rings (SSSR count). The third-order valence-electron chi connectivity index (χ3n) is 3.23. The Labute approximate surface area is 118 Å². The van der Waals surface area contributed by atoms with Crippen LogP contribution in [-0.2, 0) is 12.1 Å². The van der Waals surface area contributed by atoms with Crippen molar-refractivity contribution in [1.29, 1.82) is 0 Å². The van der Waals surface area contributed by atoms with Crippen molar-refractivity contribution in [3.8, 4) is 5.75 Å². The van der Waals surface area contributed by atoms with Crippen molar-refractivity contribution in [2.45, 2.75) is 39.8 Å². The Balaban J connectivity index is 2.29. The summed E-state index contributed by atoms with van der Waals surface area (Å²) in [4.78, 5) is 4.42. The first-order valence-corrected chi connectivity index (χ1v) is 6.45. The van der Waals surface area contributed by atoms with Crippen molar-refractivity contribution in [3.63, 3.8) is 0 Å². The lowest BCUT2D eigenvalue weighted by Crippen LogP contribution is -2.15. The lowest BCUT2D eigenvalue weighted by atomic mass is 10.1. The molecule has 0 aliphatic rings. The Bertz CT molecular complexity index is 614. The van der Waals surface area contributed by atoms with Crippen molar-refractivity contribution in [2.24, 2.45) is 0 Å². The maximum Gasteiger partial charge on any atom is 0.128 e. The number of hydrogen-bond acceptors (Lipinski definition) is 5. The first kappa shape index (κ1) is 14.5. The molecular formula is C14H20N4O2. The van der Waals surface area contributed by atoms with Gasteiger partial charge in [-0.1, -0.05) is 5.21 Å². The van der Waals surface area contributed by atoms with Crippen LogP contribution < -0.4 is 4.74 Å². The highest BCUT2D eigenvalue weighted by Crippen LogP contribution is 2.24. The SMILES string of the molecule is COc1c(C)cnc(Cn2cc(C(C)(C)O)nn2)c1C. The zero-order chi connectivity index (χ0) is 14.9. The van der Waals surface area contributed by atoms with Gasteiger partial charge in [-0.2, -0.15) is 0 Å². The van der Waals surface area contributed by atoms with Crippen molar-refractivity contribution in [1.82, 2.24) is 20.0 Å². The van der Waals surface area contributed by atoms with Gasteiger partial charge < -0.3 is 9.84 Å². The molecule has 108 valence electrons. The molecule has 0 aliphatic heterocycles. The van der Waals surface area contributed by atoms with E-state index in [2.05, 4.69) is 15.3 Å². The predicted molar refractivity (Wildman–Crippen MR) is 74.6 cm³/mol. The summed E-state index contributed by atoms with van der Waals surface area (Å²) in [6.07, 6.45) is 3.52. The molecule has 0 unspecified atom stereocenters. The molecule has 0 saturated carbocycles. The zero-order valence-corrected chi connectivity index (χ0v) is 12.5. The van der Waals surface area contributed by atoms with Crippen LogP contribution in [0.5, 0.6) is 5.75 Å². The Hall–Kier alpha value is -1.95. The summed E-state index contributed by atoms with van der Waals surface area (Å²) in [5.74, 6) is 0.845. The highest BCUT2D eigenvalue weighted by atomic mass is 16.5. The second-order valence-electron chi connectivity index (χ2n) is 5.41. The van der Waals surface area contributed by atoms with Crippen LogP contribution >= 0.6 is 0 Å². The number of rotatable bonds is 4. The molecule has 6 nitrogen and oxygen atoms in total. The molecule has 2 aromatic heterocycles. The van der Waals surface area contributed by atoms with Gasteiger partial charge >= 0.3 is 0 Å². The third-order valence-corrected chi connectivity index (χ3v) is 3.23. The number of aromatic nitrogens is 4. The summed E-state index contributed by atoms with van der Waals surface area (Å²) < 4.78 is 7.05. The van der Waals surface area contributed by atoms with E-state index in [4.69, 9.17) is 4.74 Å². The van der Waals surface area contributed by atoms with Crippen LogP contribution in [0.3, 0.4) is 0 Å². The topological polar surface area (TPSA) is 73.1 Å². The number of aryl methyl sites for hydroxylation is 1.